The van der Waals surface area contributed by atoms with Crippen LogP contribution in [0.2, 0.25) is 10.0 Å². The SMILES string of the molecule is C[C@@H](NC(=O)[C@H]1COCCN1)c1c(Cl)ccc(F)c1Cl. The van der Waals surface area contributed by atoms with E-state index in [0.717, 1.165) is 0 Å². The molecule has 0 aromatic heterocycles. The molecule has 1 fully saturated rings. The number of nitrogens with one attached hydrogen (secondary N) is 2. The van der Waals surface area contributed by atoms with Crippen LogP contribution < -0.4 is 10.6 Å². The Morgan fingerprint density at radius 3 is 2.95 bits per heavy atom. The van der Waals surface area contributed by atoms with E-state index in [2.05, 4.69) is 10.6 Å². The molecule has 1 aromatic rings. The van der Waals surface area contributed by atoms with E-state index < -0.39 is 17.9 Å². The third kappa shape index (κ3) is 3.41. The minimum atomic E-state index is -0.564. The number of rotatable bonds is 3. The molecule has 1 aliphatic heterocycles. The minimum absolute atomic E-state index is 0.0712. The maximum atomic E-state index is 13.5. The average Bonchev–Trinajstić information content (AvgIpc) is 2.44. The zero-order valence-corrected chi connectivity index (χ0v) is 12.4. The van der Waals surface area contributed by atoms with E-state index in [9.17, 15) is 9.18 Å². The van der Waals surface area contributed by atoms with Crippen LogP contribution in [0.1, 0.15) is 18.5 Å². The highest BCUT2D eigenvalue weighted by Crippen LogP contribution is 2.32. The Kier molecular flexibility index (Phi) is 5.21. The molecule has 1 heterocycles. The molecule has 1 aliphatic rings. The second kappa shape index (κ2) is 6.72. The smallest absolute Gasteiger partial charge is 0.240 e. The van der Waals surface area contributed by atoms with Gasteiger partial charge in [0.15, 0.2) is 0 Å². The number of ether oxygens (including phenoxy) is 1. The molecule has 2 N–H and O–H groups in total. The Morgan fingerprint density at radius 2 is 2.30 bits per heavy atom. The van der Waals surface area contributed by atoms with Crippen molar-refractivity contribution in [2.45, 2.75) is 19.0 Å². The van der Waals surface area contributed by atoms with Gasteiger partial charge < -0.3 is 15.4 Å². The summed E-state index contributed by atoms with van der Waals surface area (Å²) in [6.07, 6.45) is 0. The van der Waals surface area contributed by atoms with E-state index in [1.165, 1.54) is 12.1 Å². The van der Waals surface area contributed by atoms with Crippen molar-refractivity contribution in [3.05, 3.63) is 33.6 Å². The maximum Gasteiger partial charge on any atom is 0.240 e. The Bertz CT molecular complexity index is 507. The Hall–Kier alpha value is -0.880. The fraction of sp³-hybridized carbons (Fsp3) is 0.462. The van der Waals surface area contributed by atoms with Crippen LogP contribution in [0.4, 0.5) is 4.39 Å². The van der Waals surface area contributed by atoms with Gasteiger partial charge in [0.2, 0.25) is 5.91 Å². The Morgan fingerprint density at radius 1 is 1.55 bits per heavy atom. The van der Waals surface area contributed by atoms with Crippen LogP contribution >= 0.6 is 23.2 Å². The number of hydrogen-bond donors (Lipinski definition) is 2. The number of halogens is 3. The number of amides is 1. The lowest BCUT2D eigenvalue weighted by atomic mass is 10.1. The summed E-state index contributed by atoms with van der Waals surface area (Å²) < 4.78 is 18.7. The Balaban J connectivity index is 2.10. The summed E-state index contributed by atoms with van der Waals surface area (Å²) in [5.74, 6) is -0.792. The van der Waals surface area contributed by atoms with E-state index >= 15 is 0 Å². The van der Waals surface area contributed by atoms with E-state index in [-0.39, 0.29) is 10.9 Å². The highest BCUT2D eigenvalue weighted by atomic mass is 35.5. The van der Waals surface area contributed by atoms with Gasteiger partial charge in [0, 0.05) is 17.1 Å². The van der Waals surface area contributed by atoms with Crippen molar-refractivity contribution in [3.63, 3.8) is 0 Å². The molecule has 20 heavy (non-hydrogen) atoms. The molecular formula is C13H15Cl2FN2O2. The van der Waals surface area contributed by atoms with Gasteiger partial charge in [-0.2, -0.15) is 0 Å². The number of hydrogen-bond acceptors (Lipinski definition) is 3. The number of carbonyl (C=O) groups is 1. The lowest BCUT2D eigenvalue weighted by Gasteiger charge is -2.25. The molecule has 1 aromatic carbocycles. The largest absolute Gasteiger partial charge is 0.378 e. The quantitative estimate of drug-likeness (QED) is 0.840. The third-order valence-corrected chi connectivity index (χ3v) is 3.82. The fourth-order valence-corrected chi connectivity index (χ4v) is 2.76. The lowest BCUT2D eigenvalue weighted by molar-refractivity contribution is -0.126. The van der Waals surface area contributed by atoms with E-state index in [1.54, 1.807) is 6.92 Å². The number of carbonyl (C=O) groups excluding carboxylic acids is 1. The topological polar surface area (TPSA) is 50.4 Å². The molecule has 0 radical (unpaired) electrons. The number of benzene rings is 1. The zero-order valence-electron chi connectivity index (χ0n) is 10.9. The lowest BCUT2D eigenvalue weighted by Crippen LogP contribution is -2.51. The normalized spacial score (nSPS) is 20.5. The van der Waals surface area contributed by atoms with Crippen molar-refractivity contribution in [2.24, 2.45) is 0 Å². The summed E-state index contributed by atoms with van der Waals surface area (Å²) in [4.78, 5) is 12.1. The average molecular weight is 321 g/mol. The zero-order chi connectivity index (χ0) is 14.7. The van der Waals surface area contributed by atoms with Gasteiger partial charge in [-0.1, -0.05) is 23.2 Å². The van der Waals surface area contributed by atoms with Gasteiger partial charge >= 0.3 is 0 Å². The summed E-state index contributed by atoms with van der Waals surface area (Å²) in [5, 5.41) is 6.04. The van der Waals surface area contributed by atoms with Crippen molar-refractivity contribution in [1.82, 2.24) is 10.6 Å². The van der Waals surface area contributed by atoms with Gasteiger partial charge in [-0.05, 0) is 19.1 Å². The second-order valence-electron chi connectivity index (χ2n) is 4.57. The first-order valence-electron chi connectivity index (χ1n) is 6.25. The summed E-state index contributed by atoms with van der Waals surface area (Å²) in [6.45, 7) is 3.21. The van der Waals surface area contributed by atoms with E-state index in [0.29, 0.717) is 30.3 Å². The van der Waals surface area contributed by atoms with Gasteiger partial charge in [0.05, 0.1) is 24.3 Å². The molecule has 1 saturated heterocycles. The van der Waals surface area contributed by atoms with Gasteiger partial charge in [-0.3, -0.25) is 4.79 Å². The number of morpholine rings is 1. The van der Waals surface area contributed by atoms with Crippen molar-refractivity contribution in [3.8, 4) is 0 Å². The van der Waals surface area contributed by atoms with Gasteiger partial charge in [-0.15, -0.1) is 0 Å². The van der Waals surface area contributed by atoms with Crippen LogP contribution in [0.3, 0.4) is 0 Å². The Labute approximate surface area is 126 Å². The third-order valence-electron chi connectivity index (χ3n) is 3.11. The van der Waals surface area contributed by atoms with Crippen molar-refractivity contribution < 1.29 is 13.9 Å². The van der Waals surface area contributed by atoms with Crippen LogP contribution in [0, 0.1) is 5.82 Å². The van der Waals surface area contributed by atoms with Gasteiger partial charge in [0.25, 0.3) is 0 Å². The molecule has 0 bridgehead atoms. The fourth-order valence-electron chi connectivity index (χ4n) is 2.06. The summed E-state index contributed by atoms with van der Waals surface area (Å²) in [5.41, 5.74) is 0.374. The van der Waals surface area contributed by atoms with Gasteiger partial charge in [0.1, 0.15) is 11.9 Å². The first-order valence-corrected chi connectivity index (χ1v) is 7.01. The molecule has 110 valence electrons. The molecule has 0 aliphatic carbocycles. The van der Waals surface area contributed by atoms with Gasteiger partial charge in [-0.25, -0.2) is 4.39 Å². The van der Waals surface area contributed by atoms with Crippen LogP contribution in [0.5, 0.6) is 0 Å². The van der Waals surface area contributed by atoms with Crippen molar-refractivity contribution in [2.75, 3.05) is 19.8 Å². The predicted molar refractivity (Wildman–Crippen MR) is 75.6 cm³/mol. The molecular weight excluding hydrogens is 306 g/mol. The molecule has 2 atom stereocenters. The maximum absolute atomic E-state index is 13.5. The standard InChI is InChI=1S/C13H15Cl2FN2O2/c1-7(11-8(14)2-3-9(16)12(11)15)18-13(19)10-6-20-5-4-17-10/h2-3,7,10,17H,4-6H2,1H3,(H,18,19)/t7-,10-/m1/s1. The van der Waals surface area contributed by atoms with Crippen molar-refractivity contribution >= 4 is 29.1 Å². The summed E-state index contributed by atoms with van der Waals surface area (Å²) in [6, 6.07) is 1.70. The molecule has 4 nitrogen and oxygen atoms in total. The van der Waals surface area contributed by atoms with Crippen LogP contribution in [-0.4, -0.2) is 31.7 Å². The highest BCUT2D eigenvalue weighted by molar-refractivity contribution is 6.36. The van der Waals surface area contributed by atoms with Crippen LogP contribution in [0.25, 0.3) is 0 Å². The summed E-state index contributed by atoms with van der Waals surface area (Å²) in [7, 11) is 0. The van der Waals surface area contributed by atoms with Crippen LogP contribution in [0.15, 0.2) is 12.1 Å². The monoisotopic (exact) mass is 320 g/mol. The molecule has 7 heteroatoms. The molecule has 0 unspecified atom stereocenters. The molecule has 2 rings (SSSR count). The van der Waals surface area contributed by atoms with Crippen molar-refractivity contribution in [1.29, 1.82) is 0 Å². The first-order chi connectivity index (χ1) is 9.50. The molecule has 0 saturated carbocycles. The van der Waals surface area contributed by atoms with Crippen LogP contribution in [-0.2, 0) is 9.53 Å². The first kappa shape index (κ1) is 15.5. The minimum Gasteiger partial charge on any atom is -0.378 e. The molecule has 0 spiro atoms. The highest BCUT2D eigenvalue weighted by Gasteiger charge is 2.25. The summed E-state index contributed by atoms with van der Waals surface area (Å²) >= 11 is 11.9. The van der Waals surface area contributed by atoms with E-state index in [4.69, 9.17) is 27.9 Å². The van der Waals surface area contributed by atoms with E-state index in [1.807, 2.05) is 0 Å². The second-order valence-corrected chi connectivity index (χ2v) is 5.35. The predicted octanol–water partition coefficient (Wildman–Crippen LogP) is 2.30. The molecule has 1 amide bonds.